The number of hydrogen-bond acceptors (Lipinski definition) is 5. The summed E-state index contributed by atoms with van der Waals surface area (Å²) in [6, 6.07) is 12.5. The molecule has 0 aliphatic rings. The second-order valence-electron chi connectivity index (χ2n) is 2.11. The van der Waals surface area contributed by atoms with Crippen LogP contribution in [0.4, 0.5) is 0 Å². The Bertz CT molecular complexity index is 370. The third-order valence-corrected chi connectivity index (χ3v) is 4.66. The molecule has 1 heterocycles. The van der Waals surface area contributed by atoms with E-state index in [1.165, 1.54) is 22.7 Å². The maximum Gasteiger partial charge on any atom is 0 e. The molecule has 0 fully saturated rings. The summed E-state index contributed by atoms with van der Waals surface area (Å²) in [5.74, 6) is 0. The molecule has 0 bridgehead atoms. The van der Waals surface area contributed by atoms with Gasteiger partial charge in [-0.25, -0.2) is 0 Å². The van der Waals surface area contributed by atoms with Gasteiger partial charge in [-0.15, -0.1) is 20.6 Å². The molecule has 0 amide bonds. The fourth-order valence-electron chi connectivity index (χ4n) is 0.597. The van der Waals surface area contributed by atoms with E-state index in [0.717, 1.165) is 11.6 Å². The van der Waals surface area contributed by atoms with Crippen molar-refractivity contribution < 1.29 is 0 Å². The first-order chi connectivity index (χ1) is 6.70. The maximum absolute atomic E-state index is 4.83. The summed E-state index contributed by atoms with van der Waals surface area (Å²) in [5, 5.41) is 0. The van der Waals surface area contributed by atoms with Crippen LogP contribution in [-0.2, 0) is 25.3 Å². The van der Waals surface area contributed by atoms with Gasteiger partial charge in [0.15, 0.2) is 0 Å². The zero-order valence-corrected chi connectivity index (χ0v) is 14.0. The molecular formula is C9H5S5Sb-2. The molecule has 0 atom stereocenters. The van der Waals surface area contributed by atoms with E-state index in [1.54, 1.807) is 0 Å². The molecule has 0 saturated heterocycles. The molecule has 0 N–H and O–H groups in total. The zero-order chi connectivity index (χ0) is 10.4. The summed E-state index contributed by atoms with van der Waals surface area (Å²) in [6.45, 7) is 0. The van der Waals surface area contributed by atoms with Gasteiger partial charge in [0, 0.05) is 24.4 Å². The van der Waals surface area contributed by atoms with Crippen molar-refractivity contribution in [1.82, 2.24) is 0 Å². The van der Waals surface area contributed by atoms with Crippen LogP contribution in [0.15, 0.2) is 38.8 Å². The molecule has 1 aromatic carbocycles. The van der Waals surface area contributed by atoms with Gasteiger partial charge >= 0.3 is 0 Å². The molecule has 0 spiro atoms. The van der Waals surface area contributed by atoms with Crippen LogP contribution in [0.3, 0.4) is 0 Å². The largest absolute Gasteiger partial charge is 0.429 e. The van der Waals surface area contributed by atoms with Crippen molar-refractivity contribution in [3.8, 4) is 0 Å². The van der Waals surface area contributed by atoms with Crippen molar-refractivity contribution >= 4 is 84.6 Å². The van der Waals surface area contributed by atoms with E-state index in [9.17, 15) is 0 Å². The second-order valence-corrected chi connectivity index (χ2v) is 6.66. The number of rotatable bonds is 0. The Morgan fingerprint density at radius 3 is 1.60 bits per heavy atom. The predicted molar refractivity (Wildman–Crippen MR) is 75.3 cm³/mol. The van der Waals surface area contributed by atoms with E-state index < -0.39 is 0 Å². The van der Waals surface area contributed by atoms with Crippen molar-refractivity contribution in [1.29, 1.82) is 0 Å². The van der Waals surface area contributed by atoms with Gasteiger partial charge in [0.05, 0.1) is 0 Å². The first kappa shape index (κ1) is 15.7. The molecular weight excluding hydrogens is 390 g/mol. The standard InChI is InChI=1S/C6H5.C3H2S5.Sb/c1-2-4-6-5-3-1;4-1-2(5)8-3(6)7-1;/h1-5H;4-5H;/p-2. The summed E-state index contributed by atoms with van der Waals surface area (Å²) in [7, 11) is 0. The average Bonchev–Trinajstić information content (AvgIpc) is 2.48. The van der Waals surface area contributed by atoms with Gasteiger partial charge in [-0.2, -0.15) is 0 Å². The molecule has 1 aromatic heterocycles. The van der Waals surface area contributed by atoms with Gasteiger partial charge < -0.3 is 47.9 Å². The van der Waals surface area contributed by atoms with Gasteiger partial charge in [0.1, 0.15) is 0 Å². The summed E-state index contributed by atoms with van der Waals surface area (Å²) in [6.07, 6.45) is 0. The van der Waals surface area contributed by atoms with Gasteiger partial charge in [-0.05, 0) is 9.20 Å². The Hall–Kier alpha value is 0.748. The summed E-state index contributed by atoms with van der Waals surface area (Å²) >= 11 is 17.3. The van der Waals surface area contributed by atoms with E-state index in [-0.39, 0.29) is 24.4 Å². The van der Waals surface area contributed by atoms with Crippen LogP contribution in [-0.4, -0.2) is 24.4 Å². The first-order valence-corrected chi connectivity index (χ1v) is 6.45. The van der Waals surface area contributed by atoms with Crippen LogP contribution in [0.2, 0.25) is 0 Å². The van der Waals surface area contributed by atoms with E-state index >= 15 is 0 Å². The summed E-state index contributed by atoms with van der Waals surface area (Å²) in [5.41, 5.74) is 0. The smallest absolute Gasteiger partial charge is 0 e. The Kier molecular flexibility index (Phi) is 9.29. The Balaban J connectivity index is 0.000000253. The van der Waals surface area contributed by atoms with E-state index in [0.29, 0.717) is 0 Å². The molecule has 6 heteroatoms. The number of hydrogen-bond donors (Lipinski definition) is 0. The maximum atomic E-state index is 4.83. The minimum atomic E-state index is 0. The van der Waals surface area contributed by atoms with Crippen molar-refractivity contribution in [2.45, 2.75) is 8.42 Å². The van der Waals surface area contributed by atoms with E-state index in [4.69, 9.17) is 37.5 Å². The number of benzene rings is 1. The van der Waals surface area contributed by atoms with Crippen molar-refractivity contribution in [3.63, 3.8) is 0 Å². The molecule has 2 rings (SSSR count). The van der Waals surface area contributed by atoms with Crippen LogP contribution in [0.25, 0.3) is 0 Å². The molecule has 0 saturated carbocycles. The van der Waals surface area contributed by atoms with Crippen LogP contribution >= 0.6 is 34.9 Å². The van der Waals surface area contributed by atoms with Crippen LogP contribution in [0, 0.1) is 9.20 Å². The molecule has 2 aromatic rings. The van der Waals surface area contributed by atoms with Gasteiger partial charge in [-0.1, -0.05) is 30.3 Å². The van der Waals surface area contributed by atoms with Crippen LogP contribution in [0.1, 0.15) is 0 Å². The van der Waals surface area contributed by atoms with Crippen molar-refractivity contribution in [3.05, 3.63) is 39.5 Å². The van der Waals surface area contributed by atoms with Crippen LogP contribution in [0.5, 0.6) is 0 Å². The first-order valence-electron chi connectivity index (χ1n) is 3.59. The SMILES string of the molecule is S=c1sc([S-])c([S-])s1.[Sb].[c]1ccccc1. The molecule has 15 heavy (non-hydrogen) atoms. The normalized spacial score (nSPS) is 8.27. The molecule has 78 valence electrons. The quantitative estimate of drug-likeness (QED) is 0.381. The Morgan fingerprint density at radius 2 is 1.47 bits per heavy atom. The molecule has 0 unspecified atom stereocenters. The summed E-state index contributed by atoms with van der Waals surface area (Å²) in [4.78, 5) is 0. The zero-order valence-electron chi connectivity index (χ0n) is 7.38. The third-order valence-electron chi connectivity index (χ3n) is 1.13. The van der Waals surface area contributed by atoms with Crippen molar-refractivity contribution in [2.75, 3.05) is 0 Å². The second kappa shape index (κ2) is 8.85. The van der Waals surface area contributed by atoms with E-state index in [1.807, 2.05) is 30.3 Å². The fraction of sp³-hybridized carbons (Fsp3) is 0. The monoisotopic (exact) mass is 394 g/mol. The molecule has 0 nitrogen and oxygen atoms in total. The van der Waals surface area contributed by atoms with E-state index in [2.05, 4.69) is 6.07 Å². The van der Waals surface area contributed by atoms with Crippen molar-refractivity contribution in [2.24, 2.45) is 0 Å². The molecule has 0 aliphatic carbocycles. The Labute approximate surface area is 131 Å². The third kappa shape index (κ3) is 6.82. The fourth-order valence-corrected chi connectivity index (χ4v) is 3.87. The van der Waals surface area contributed by atoms with Crippen LogP contribution < -0.4 is 0 Å². The average molecular weight is 395 g/mol. The van der Waals surface area contributed by atoms with Gasteiger partial charge in [0.25, 0.3) is 0 Å². The Morgan fingerprint density at radius 1 is 1.00 bits per heavy atom. The molecule has 0 aliphatic heterocycles. The minimum Gasteiger partial charge on any atom is -0.429 e. The predicted octanol–water partition coefficient (Wildman–Crippen LogP) is 3.46. The topological polar surface area (TPSA) is 0 Å². The minimum absolute atomic E-state index is 0. The molecule has 4 radical (unpaired) electrons. The van der Waals surface area contributed by atoms with Gasteiger partial charge in [-0.3, -0.25) is 0 Å². The van der Waals surface area contributed by atoms with Gasteiger partial charge in [0.2, 0.25) is 0 Å². The summed E-state index contributed by atoms with van der Waals surface area (Å²) < 4.78 is 2.35.